The first-order valence-corrected chi connectivity index (χ1v) is 5.65. The van der Waals surface area contributed by atoms with Crippen molar-refractivity contribution < 1.29 is 9.34 Å². The molecule has 1 aromatic carbocycles. The minimum Gasteiger partial charge on any atom is -0.461 e. The molecule has 1 unspecified atom stereocenters. The van der Waals surface area contributed by atoms with Crippen LogP contribution in [0.2, 0.25) is 0 Å². The van der Waals surface area contributed by atoms with E-state index in [-0.39, 0.29) is 11.7 Å². The Morgan fingerprint density at radius 1 is 1.39 bits per heavy atom. The van der Waals surface area contributed by atoms with Crippen LogP contribution in [0, 0.1) is 10.1 Å². The van der Waals surface area contributed by atoms with E-state index in [4.69, 9.17) is 10.2 Å². The number of nitrogens with two attached hydrogens (primary N) is 1. The predicted molar refractivity (Wildman–Crippen MR) is 68.2 cm³/mol. The summed E-state index contributed by atoms with van der Waals surface area (Å²) in [5.74, 6) is 1.40. The number of rotatable bonds is 4. The lowest BCUT2D eigenvalue weighted by molar-refractivity contribution is -0.384. The van der Waals surface area contributed by atoms with Crippen LogP contribution in [0.3, 0.4) is 0 Å². The Labute approximate surface area is 104 Å². The van der Waals surface area contributed by atoms with Crippen LogP contribution in [-0.2, 0) is 6.42 Å². The molecular weight excluding hydrogens is 232 g/mol. The molecule has 0 radical (unpaired) electrons. The summed E-state index contributed by atoms with van der Waals surface area (Å²) in [6.07, 6.45) is 0.648. The fourth-order valence-corrected chi connectivity index (χ4v) is 1.73. The molecule has 0 aliphatic rings. The van der Waals surface area contributed by atoms with Crippen molar-refractivity contribution in [2.75, 3.05) is 0 Å². The summed E-state index contributed by atoms with van der Waals surface area (Å²) in [4.78, 5) is 10.3. The average molecular weight is 246 g/mol. The van der Waals surface area contributed by atoms with Crippen LogP contribution >= 0.6 is 0 Å². The maximum Gasteiger partial charge on any atom is 0.270 e. The Kier molecular flexibility index (Phi) is 3.43. The van der Waals surface area contributed by atoms with Gasteiger partial charge in [0, 0.05) is 30.2 Å². The monoisotopic (exact) mass is 246 g/mol. The second-order valence-electron chi connectivity index (χ2n) is 4.25. The van der Waals surface area contributed by atoms with Crippen molar-refractivity contribution in [3.63, 3.8) is 0 Å². The molecule has 18 heavy (non-hydrogen) atoms. The Morgan fingerprint density at radius 3 is 2.83 bits per heavy atom. The normalized spacial score (nSPS) is 12.3. The Morgan fingerprint density at radius 2 is 2.17 bits per heavy atom. The van der Waals surface area contributed by atoms with Crippen LogP contribution in [0.15, 0.2) is 40.8 Å². The van der Waals surface area contributed by atoms with E-state index in [2.05, 4.69) is 0 Å². The Balaban J connectivity index is 2.28. The molecule has 1 heterocycles. The van der Waals surface area contributed by atoms with Gasteiger partial charge in [0.05, 0.1) is 4.92 Å². The molecule has 0 bridgehead atoms. The molecule has 0 saturated heterocycles. The lowest BCUT2D eigenvalue weighted by Gasteiger charge is -2.01. The molecule has 0 spiro atoms. The molecule has 2 N–H and O–H groups in total. The first-order chi connectivity index (χ1) is 8.56. The summed E-state index contributed by atoms with van der Waals surface area (Å²) in [7, 11) is 0. The van der Waals surface area contributed by atoms with Gasteiger partial charge in [-0.2, -0.15) is 0 Å². The second-order valence-corrected chi connectivity index (χ2v) is 4.25. The zero-order valence-corrected chi connectivity index (χ0v) is 10.00. The molecule has 0 fully saturated rings. The number of furan rings is 1. The van der Waals surface area contributed by atoms with E-state index in [1.807, 2.05) is 13.0 Å². The van der Waals surface area contributed by atoms with Crippen molar-refractivity contribution >= 4 is 5.69 Å². The van der Waals surface area contributed by atoms with E-state index in [0.717, 1.165) is 5.76 Å². The number of nitro benzene ring substituents is 1. The average Bonchev–Trinajstić information content (AvgIpc) is 2.77. The van der Waals surface area contributed by atoms with E-state index in [1.165, 1.54) is 12.1 Å². The molecule has 0 saturated carbocycles. The molecule has 0 aliphatic carbocycles. The zero-order chi connectivity index (χ0) is 13.1. The number of hydrogen-bond acceptors (Lipinski definition) is 4. The highest BCUT2D eigenvalue weighted by Gasteiger charge is 2.10. The third-order valence-electron chi connectivity index (χ3n) is 2.53. The van der Waals surface area contributed by atoms with Gasteiger partial charge in [0.2, 0.25) is 0 Å². The Bertz CT molecular complexity index is 561. The van der Waals surface area contributed by atoms with Gasteiger partial charge in [0.15, 0.2) is 0 Å². The molecule has 2 rings (SSSR count). The third kappa shape index (κ3) is 2.75. The summed E-state index contributed by atoms with van der Waals surface area (Å²) in [6.45, 7) is 1.90. The molecule has 1 atom stereocenters. The highest BCUT2D eigenvalue weighted by atomic mass is 16.6. The lowest BCUT2D eigenvalue weighted by atomic mass is 10.1. The number of benzene rings is 1. The number of hydrogen-bond donors (Lipinski definition) is 1. The molecule has 1 aromatic heterocycles. The maximum absolute atomic E-state index is 10.7. The molecule has 94 valence electrons. The van der Waals surface area contributed by atoms with Crippen LogP contribution in [0.5, 0.6) is 0 Å². The summed E-state index contributed by atoms with van der Waals surface area (Å²) in [5.41, 5.74) is 6.43. The van der Waals surface area contributed by atoms with Crippen LogP contribution in [0.4, 0.5) is 5.69 Å². The van der Waals surface area contributed by atoms with Crippen molar-refractivity contribution in [1.82, 2.24) is 0 Å². The largest absolute Gasteiger partial charge is 0.461 e. The summed E-state index contributed by atoms with van der Waals surface area (Å²) >= 11 is 0. The van der Waals surface area contributed by atoms with Gasteiger partial charge >= 0.3 is 0 Å². The fourth-order valence-electron chi connectivity index (χ4n) is 1.73. The predicted octanol–water partition coefficient (Wildman–Crippen LogP) is 2.74. The van der Waals surface area contributed by atoms with Gasteiger partial charge < -0.3 is 10.2 Å². The third-order valence-corrected chi connectivity index (χ3v) is 2.53. The van der Waals surface area contributed by atoms with Crippen molar-refractivity contribution in [2.45, 2.75) is 19.4 Å². The van der Waals surface area contributed by atoms with Gasteiger partial charge in [0.1, 0.15) is 11.5 Å². The molecule has 5 heteroatoms. The minimum atomic E-state index is -0.421. The molecule has 0 aliphatic heterocycles. The zero-order valence-electron chi connectivity index (χ0n) is 10.00. The number of nitro groups is 1. The summed E-state index contributed by atoms with van der Waals surface area (Å²) in [5, 5.41) is 10.7. The van der Waals surface area contributed by atoms with E-state index < -0.39 is 4.92 Å². The second kappa shape index (κ2) is 5.01. The van der Waals surface area contributed by atoms with E-state index in [9.17, 15) is 10.1 Å². The van der Waals surface area contributed by atoms with E-state index in [1.54, 1.807) is 18.2 Å². The van der Waals surface area contributed by atoms with Crippen LogP contribution in [0.1, 0.15) is 12.7 Å². The van der Waals surface area contributed by atoms with E-state index >= 15 is 0 Å². The molecule has 5 nitrogen and oxygen atoms in total. The van der Waals surface area contributed by atoms with Crippen LogP contribution in [-0.4, -0.2) is 11.0 Å². The molecular formula is C13H14N2O3. The Hall–Kier alpha value is -2.14. The maximum atomic E-state index is 10.7. The van der Waals surface area contributed by atoms with Gasteiger partial charge in [-0.05, 0) is 19.1 Å². The van der Waals surface area contributed by atoms with E-state index in [0.29, 0.717) is 17.7 Å². The van der Waals surface area contributed by atoms with Crippen LogP contribution < -0.4 is 5.73 Å². The summed E-state index contributed by atoms with van der Waals surface area (Å²) < 4.78 is 5.61. The smallest absolute Gasteiger partial charge is 0.270 e. The standard InChI is InChI=1S/C13H14N2O3/c1-9(14)7-12-5-6-13(18-12)10-3-2-4-11(8-10)15(16)17/h2-6,8-9H,7,14H2,1H3. The van der Waals surface area contributed by atoms with Crippen molar-refractivity contribution in [3.05, 3.63) is 52.3 Å². The number of non-ortho nitro benzene ring substituents is 1. The van der Waals surface area contributed by atoms with Gasteiger partial charge in [-0.25, -0.2) is 0 Å². The van der Waals surface area contributed by atoms with Gasteiger partial charge in [-0.1, -0.05) is 12.1 Å². The van der Waals surface area contributed by atoms with Gasteiger partial charge in [-0.15, -0.1) is 0 Å². The van der Waals surface area contributed by atoms with Crippen LogP contribution in [0.25, 0.3) is 11.3 Å². The summed E-state index contributed by atoms with van der Waals surface area (Å²) in [6, 6.07) is 10.0. The number of nitrogens with zero attached hydrogens (tertiary/aromatic N) is 1. The SMILES string of the molecule is CC(N)Cc1ccc(-c2cccc([N+](=O)[O-])c2)o1. The first-order valence-electron chi connectivity index (χ1n) is 5.65. The van der Waals surface area contributed by atoms with Gasteiger partial charge in [-0.3, -0.25) is 10.1 Å². The lowest BCUT2D eigenvalue weighted by Crippen LogP contribution is -2.17. The highest BCUT2D eigenvalue weighted by molar-refractivity contribution is 5.61. The first kappa shape index (κ1) is 12.3. The minimum absolute atomic E-state index is 0.0223. The molecule has 0 amide bonds. The van der Waals surface area contributed by atoms with Crippen molar-refractivity contribution in [2.24, 2.45) is 5.73 Å². The topological polar surface area (TPSA) is 82.3 Å². The fraction of sp³-hybridized carbons (Fsp3) is 0.231. The quantitative estimate of drug-likeness (QED) is 0.664. The van der Waals surface area contributed by atoms with Crippen molar-refractivity contribution in [1.29, 1.82) is 0 Å². The highest BCUT2D eigenvalue weighted by Crippen LogP contribution is 2.25. The van der Waals surface area contributed by atoms with Gasteiger partial charge in [0.25, 0.3) is 5.69 Å². The molecule has 2 aromatic rings. The van der Waals surface area contributed by atoms with Crippen molar-refractivity contribution in [3.8, 4) is 11.3 Å².